The number of fused-ring (bicyclic) bond motifs is 1. The summed E-state index contributed by atoms with van der Waals surface area (Å²) in [6.45, 7) is 8.51. The molecule has 1 fully saturated rings. The Bertz CT molecular complexity index is 651. The molecule has 1 saturated heterocycles. The van der Waals surface area contributed by atoms with E-state index in [0.29, 0.717) is 0 Å². The van der Waals surface area contributed by atoms with Crippen molar-refractivity contribution in [3.63, 3.8) is 0 Å². The Balaban J connectivity index is 2.00. The third-order valence-electron chi connectivity index (χ3n) is 3.87. The molecule has 2 N–H and O–H groups in total. The number of aromatic amines is 1. The van der Waals surface area contributed by atoms with Gasteiger partial charge in [-0.15, -0.1) is 0 Å². The van der Waals surface area contributed by atoms with Crippen molar-refractivity contribution in [1.82, 2.24) is 15.3 Å². The van der Waals surface area contributed by atoms with Gasteiger partial charge in [0.05, 0.1) is 23.0 Å². The Kier molecular flexibility index (Phi) is 2.46. The number of H-pyrrole nitrogens is 1. The summed E-state index contributed by atoms with van der Waals surface area (Å²) in [5.41, 5.74) is 3.39. The molecule has 1 aromatic carbocycles. The predicted octanol–water partition coefficient (Wildman–Crippen LogP) is 2.67. The first-order chi connectivity index (χ1) is 8.86. The first-order valence-electron chi connectivity index (χ1n) is 6.67. The highest BCUT2D eigenvalue weighted by Crippen LogP contribution is 2.31. The molecule has 0 saturated carbocycles. The number of hydrogen-bond donors (Lipinski definition) is 2. The molecule has 0 spiro atoms. The Hall–Kier alpha value is -1.84. The number of hydrogen-bond acceptors (Lipinski definition) is 2. The van der Waals surface area contributed by atoms with E-state index in [0.717, 1.165) is 16.9 Å². The number of aromatic nitrogens is 2. The van der Waals surface area contributed by atoms with E-state index in [2.05, 4.69) is 48.2 Å². The van der Waals surface area contributed by atoms with Crippen LogP contribution in [0.25, 0.3) is 11.0 Å². The molecular weight excluding hydrogens is 238 g/mol. The van der Waals surface area contributed by atoms with Crippen LogP contribution in [0.1, 0.15) is 45.1 Å². The number of β-lactam (4-membered cyclic amide) rings is 1. The molecule has 19 heavy (non-hydrogen) atoms. The van der Waals surface area contributed by atoms with E-state index in [1.807, 2.05) is 13.0 Å². The van der Waals surface area contributed by atoms with Gasteiger partial charge in [0.15, 0.2) is 0 Å². The second-order valence-electron chi connectivity index (χ2n) is 6.38. The van der Waals surface area contributed by atoms with Crippen molar-refractivity contribution in [2.45, 2.75) is 39.2 Å². The summed E-state index contributed by atoms with van der Waals surface area (Å²) in [5, 5.41) is 2.88. The fraction of sp³-hybridized carbons (Fsp3) is 0.467. The van der Waals surface area contributed by atoms with Gasteiger partial charge in [0.2, 0.25) is 5.91 Å². The lowest BCUT2D eigenvalue weighted by Crippen LogP contribution is -2.50. The number of nitrogens with zero attached hydrogens (tertiary/aromatic N) is 1. The summed E-state index contributed by atoms with van der Waals surface area (Å²) in [6.07, 6.45) is 0. The minimum Gasteiger partial charge on any atom is -0.345 e. The molecule has 1 aliphatic rings. The largest absolute Gasteiger partial charge is 0.345 e. The van der Waals surface area contributed by atoms with E-state index in [4.69, 9.17) is 0 Å². The maximum Gasteiger partial charge on any atom is 0.225 e. The van der Waals surface area contributed by atoms with E-state index in [-0.39, 0.29) is 23.3 Å². The zero-order valence-electron chi connectivity index (χ0n) is 11.7. The second kappa shape index (κ2) is 3.83. The Morgan fingerprint density at radius 1 is 1.26 bits per heavy atom. The lowest BCUT2D eigenvalue weighted by molar-refractivity contribution is -0.134. The van der Waals surface area contributed by atoms with E-state index >= 15 is 0 Å². The van der Waals surface area contributed by atoms with Crippen molar-refractivity contribution in [1.29, 1.82) is 0 Å². The fourth-order valence-corrected chi connectivity index (χ4v) is 2.41. The van der Waals surface area contributed by atoms with E-state index in [1.54, 1.807) is 0 Å². The molecule has 2 aromatic rings. The quantitative estimate of drug-likeness (QED) is 0.772. The third kappa shape index (κ3) is 1.91. The molecule has 1 aliphatic heterocycles. The minimum absolute atomic E-state index is 0.00245. The van der Waals surface area contributed by atoms with Crippen LogP contribution in [0.5, 0.6) is 0 Å². The summed E-state index contributed by atoms with van der Waals surface area (Å²) >= 11 is 0. The number of amides is 1. The van der Waals surface area contributed by atoms with E-state index < -0.39 is 0 Å². The van der Waals surface area contributed by atoms with Gasteiger partial charge < -0.3 is 10.3 Å². The minimum atomic E-state index is 0.00245. The SMILES string of the molecule is C[C@H]1C(=O)N[C@@H]1c1nc2ccc(C(C)(C)C)cc2[nH]1. The number of nitrogens with one attached hydrogen (secondary N) is 2. The Morgan fingerprint density at radius 2 is 2.00 bits per heavy atom. The van der Waals surface area contributed by atoms with Crippen molar-refractivity contribution in [2.24, 2.45) is 5.92 Å². The number of imidazole rings is 1. The average molecular weight is 257 g/mol. The summed E-state index contributed by atoms with van der Waals surface area (Å²) in [7, 11) is 0. The van der Waals surface area contributed by atoms with Gasteiger partial charge in [0.1, 0.15) is 5.82 Å². The van der Waals surface area contributed by atoms with Gasteiger partial charge in [0, 0.05) is 0 Å². The number of carbonyl (C=O) groups excluding carboxylic acids is 1. The van der Waals surface area contributed by atoms with Crippen LogP contribution in [-0.2, 0) is 10.2 Å². The maximum atomic E-state index is 11.3. The van der Waals surface area contributed by atoms with Crippen molar-refractivity contribution >= 4 is 16.9 Å². The second-order valence-corrected chi connectivity index (χ2v) is 6.38. The van der Waals surface area contributed by atoms with Crippen LogP contribution in [-0.4, -0.2) is 15.9 Å². The molecule has 2 heterocycles. The average Bonchev–Trinajstić information content (AvgIpc) is 2.76. The van der Waals surface area contributed by atoms with Gasteiger partial charge in [-0.05, 0) is 23.1 Å². The molecule has 3 rings (SSSR count). The predicted molar refractivity (Wildman–Crippen MR) is 74.8 cm³/mol. The zero-order valence-corrected chi connectivity index (χ0v) is 11.7. The highest BCUT2D eigenvalue weighted by molar-refractivity contribution is 5.86. The van der Waals surface area contributed by atoms with E-state index in [9.17, 15) is 4.79 Å². The first-order valence-corrected chi connectivity index (χ1v) is 6.67. The molecule has 4 heteroatoms. The smallest absolute Gasteiger partial charge is 0.225 e. The van der Waals surface area contributed by atoms with Gasteiger partial charge >= 0.3 is 0 Å². The lowest BCUT2D eigenvalue weighted by atomic mass is 9.87. The number of rotatable bonds is 1. The molecule has 100 valence electrons. The van der Waals surface area contributed by atoms with Gasteiger partial charge in [-0.1, -0.05) is 33.8 Å². The topological polar surface area (TPSA) is 57.8 Å². The van der Waals surface area contributed by atoms with Crippen LogP contribution in [0, 0.1) is 5.92 Å². The summed E-state index contributed by atoms with van der Waals surface area (Å²) in [4.78, 5) is 19.2. The van der Waals surface area contributed by atoms with E-state index in [1.165, 1.54) is 5.56 Å². The number of benzene rings is 1. The van der Waals surface area contributed by atoms with Crippen LogP contribution in [0.3, 0.4) is 0 Å². The molecule has 1 aromatic heterocycles. The van der Waals surface area contributed by atoms with Gasteiger partial charge in [-0.3, -0.25) is 4.79 Å². The monoisotopic (exact) mass is 257 g/mol. The zero-order chi connectivity index (χ0) is 13.8. The van der Waals surface area contributed by atoms with Crippen LogP contribution in [0.4, 0.5) is 0 Å². The molecule has 0 unspecified atom stereocenters. The van der Waals surface area contributed by atoms with Crippen LogP contribution >= 0.6 is 0 Å². The van der Waals surface area contributed by atoms with Crippen molar-refractivity contribution in [2.75, 3.05) is 0 Å². The third-order valence-corrected chi connectivity index (χ3v) is 3.87. The summed E-state index contributed by atoms with van der Waals surface area (Å²) in [6, 6.07) is 6.34. The lowest BCUT2D eigenvalue weighted by Gasteiger charge is -2.32. The molecule has 0 radical (unpaired) electrons. The normalized spacial score (nSPS) is 23.3. The highest BCUT2D eigenvalue weighted by Gasteiger charge is 2.38. The first kappa shape index (κ1) is 12.2. The van der Waals surface area contributed by atoms with Crippen molar-refractivity contribution < 1.29 is 4.79 Å². The van der Waals surface area contributed by atoms with Gasteiger partial charge in [-0.25, -0.2) is 4.98 Å². The van der Waals surface area contributed by atoms with Gasteiger partial charge in [0.25, 0.3) is 0 Å². The Labute approximate surface area is 112 Å². The van der Waals surface area contributed by atoms with Gasteiger partial charge in [-0.2, -0.15) is 0 Å². The Morgan fingerprint density at radius 3 is 2.58 bits per heavy atom. The van der Waals surface area contributed by atoms with Crippen LogP contribution < -0.4 is 5.32 Å². The number of carbonyl (C=O) groups is 1. The van der Waals surface area contributed by atoms with Crippen molar-refractivity contribution in [3.8, 4) is 0 Å². The highest BCUT2D eigenvalue weighted by atomic mass is 16.2. The fourth-order valence-electron chi connectivity index (χ4n) is 2.41. The molecule has 2 atom stereocenters. The molecular formula is C15H19N3O. The van der Waals surface area contributed by atoms with Crippen LogP contribution in [0.2, 0.25) is 0 Å². The molecule has 0 bridgehead atoms. The molecule has 4 nitrogen and oxygen atoms in total. The molecule has 1 amide bonds. The van der Waals surface area contributed by atoms with Crippen LogP contribution in [0.15, 0.2) is 18.2 Å². The summed E-state index contributed by atoms with van der Waals surface area (Å²) < 4.78 is 0. The maximum absolute atomic E-state index is 11.3. The van der Waals surface area contributed by atoms with Crippen molar-refractivity contribution in [3.05, 3.63) is 29.6 Å². The molecule has 0 aliphatic carbocycles. The standard InChI is InChI=1S/C15H19N3O/c1-8-12(18-14(8)19)13-16-10-6-5-9(15(2,3)4)7-11(10)17-13/h5-8,12H,1-4H3,(H,16,17)(H,18,19)/t8-,12+/m1/s1. The summed E-state index contributed by atoms with van der Waals surface area (Å²) in [5.74, 6) is 0.955.